The fourth-order valence-corrected chi connectivity index (χ4v) is 5.32. The van der Waals surface area contributed by atoms with Crippen molar-refractivity contribution in [2.45, 2.75) is 17.9 Å². The molecule has 4 N–H and O–H groups in total. The van der Waals surface area contributed by atoms with Crippen LogP contribution in [-0.2, 0) is 22.8 Å². The number of carbonyl (C=O) groups excluding carboxylic acids is 1. The van der Waals surface area contributed by atoms with Gasteiger partial charge in [0.15, 0.2) is 21.3 Å². The van der Waals surface area contributed by atoms with Gasteiger partial charge in [0.2, 0.25) is 0 Å². The molecule has 1 aliphatic rings. The normalized spacial score (nSPS) is 14.0. The molecule has 0 fully saturated rings. The number of ether oxygens (including phenoxy) is 1. The van der Waals surface area contributed by atoms with Crippen molar-refractivity contribution in [3.8, 4) is 39.8 Å². The van der Waals surface area contributed by atoms with Gasteiger partial charge in [-0.15, -0.1) is 0 Å². The van der Waals surface area contributed by atoms with Gasteiger partial charge in [-0.05, 0) is 29.7 Å². The molecule has 0 radical (unpaired) electrons. The van der Waals surface area contributed by atoms with Crippen molar-refractivity contribution in [3.05, 3.63) is 65.9 Å². The molecule has 11 heteroatoms. The molecular weight excluding hydrogens is 458 g/mol. The third-order valence-electron chi connectivity index (χ3n) is 5.50. The van der Waals surface area contributed by atoms with Crippen LogP contribution in [0, 0.1) is 0 Å². The molecule has 1 amide bonds. The van der Waals surface area contributed by atoms with Gasteiger partial charge in [-0.3, -0.25) is 0 Å². The summed E-state index contributed by atoms with van der Waals surface area (Å²) in [6, 6.07) is 14.2. The highest BCUT2D eigenvalue weighted by atomic mass is 32.2. The van der Waals surface area contributed by atoms with Gasteiger partial charge in [-0.1, -0.05) is 35.5 Å². The molecule has 2 aromatic carbocycles. The van der Waals surface area contributed by atoms with Gasteiger partial charge in [-0.25, -0.2) is 23.2 Å². The average molecular weight is 478 g/mol. The van der Waals surface area contributed by atoms with Crippen LogP contribution in [0.25, 0.3) is 34.0 Å². The highest BCUT2D eigenvalue weighted by Gasteiger charge is 2.27. The van der Waals surface area contributed by atoms with Gasteiger partial charge in [0.25, 0.3) is 5.88 Å². The summed E-state index contributed by atoms with van der Waals surface area (Å²) in [4.78, 5) is 20.5. The van der Waals surface area contributed by atoms with E-state index < -0.39 is 15.9 Å². The molecule has 0 spiro atoms. The number of hydrogen-bond donors (Lipinski definition) is 2. The number of carbonyl (C=O) groups is 1. The van der Waals surface area contributed by atoms with Gasteiger partial charge in [0.05, 0.1) is 22.5 Å². The summed E-state index contributed by atoms with van der Waals surface area (Å²) in [7, 11) is -3.24. The van der Waals surface area contributed by atoms with E-state index in [1.807, 2.05) is 24.3 Å². The van der Waals surface area contributed by atoms with E-state index in [4.69, 9.17) is 20.7 Å². The molecule has 1 aliphatic heterocycles. The van der Waals surface area contributed by atoms with Crippen molar-refractivity contribution in [2.24, 2.45) is 11.5 Å². The largest absolute Gasteiger partial charge is 0.411 e. The van der Waals surface area contributed by atoms with Crippen LogP contribution in [-0.4, -0.2) is 35.4 Å². The van der Waals surface area contributed by atoms with E-state index in [1.165, 1.54) is 6.20 Å². The number of aryl methyl sites for hydroxylation is 1. The number of amides is 1. The van der Waals surface area contributed by atoms with Gasteiger partial charge in [0.1, 0.15) is 5.69 Å². The van der Waals surface area contributed by atoms with Crippen LogP contribution < -0.4 is 16.2 Å². The summed E-state index contributed by atoms with van der Waals surface area (Å²) >= 11 is 0. The summed E-state index contributed by atoms with van der Waals surface area (Å²) in [5, 5.41) is 4.09. The van der Waals surface area contributed by atoms with Crippen LogP contribution in [0.4, 0.5) is 4.79 Å². The van der Waals surface area contributed by atoms with E-state index in [9.17, 15) is 13.2 Å². The lowest BCUT2D eigenvalue weighted by atomic mass is 10.1. The molecule has 4 aromatic rings. The Balaban J connectivity index is 1.56. The van der Waals surface area contributed by atoms with Crippen LogP contribution >= 0.6 is 0 Å². The molecule has 0 saturated heterocycles. The molecule has 10 nitrogen and oxygen atoms in total. The van der Waals surface area contributed by atoms with Gasteiger partial charge in [0, 0.05) is 23.7 Å². The lowest BCUT2D eigenvalue weighted by molar-refractivity contribution is 0.209. The SMILES string of the molecule is NCc1ccc(-c2cc(-c3nc(-c4ccc5c(c4)CCS5(=O)=O)cnc3OC(N)=O)on2)cc1. The minimum atomic E-state index is -3.24. The van der Waals surface area contributed by atoms with Crippen molar-refractivity contribution in [3.63, 3.8) is 0 Å². The van der Waals surface area contributed by atoms with Crippen LogP contribution in [0.1, 0.15) is 11.1 Å². The minimum Gasteiger partial charge on any atom is -0.389 e. The molecule has 5 rings (SSSR count). The van der Waals surface area contributed by atoms with E-state index >= 15 is 0 Å². The van der Waals surface area contributed by atoms with Crippen molar-refractivity contribution in [2.75, 3.05) is 5.75 Å². The second-order valence-electron chi connectivity index (χ2n) is 7.70. The second-order valence-corrected chi connectivity index (χ2v) is 9.78. The minimum absolute atomic E-state index is 0.0845. The Morgan fingerprint density at radius 2 is 1.82 bits per heavy atom. The molecule has 0 aliphatic carbocycles. The number of rotatable bonds is 5. The molecular formula is C23H19N5O5S. The quantitative estimate of drug-likeness (QED) is 0.439. The van der Waals surface area contributed by atoms with Crippen molar-refractivity contribution in [1.82, 2.24) is 15.1 Å². The number of hydrogen-bond acceptors (Lipinski definition) is 9. The summed E-state index contributed by atoms with van der Waals surface area (Å²) in [5.41, 5.74) is 15.1. The molecule has 2 aromatic heterocycles. The fraction of sp³-hybridized carbons (Fsp3) is 0.130. The first-order valence-electron chi connectivity index (χ1n) is 10.3. The maximum atomic E-state index is 12.1. The molecule has 0 atom stereocenters. The standard InChI is InChI=1S/C23H19N5O5S/c24-11-13-1-3-14(4-2-13)17-10-19(33-28-17)21-22(32-23(25)29)26-12-18(27-21)15-5-6-20-16(9-15)7-8-34(20,30)31/h1-6,9-10,12H,7-8,11,24H2,(H2,25,29). The molecule has 0 unspecified atom stereocenters. The first-order valence-corrected chi connectivity index (χ1v) is 12.0. The predicted octanol–water partition coefficient (Wildman–Crippen LogP) is 2.71. The van der Waals surface area contributed by atoms with Crippen LogP contribution in [0.2, 0.25) is 0 Å². The third-order valence-corrected chi connectivity index (χ3v) is 7.31. The molecule has 3 heterocycles. The van der Waals surface area contributed by atoms with Gasteiger partial charge >= 0.3 is 6.09 Å². The Morgan fingerprint density at radius 3 is 2.56 bits per heavy atom. The summed E-state index contributed by atoms with van der Waals surface area (Å²) in [6.07, 6.45) is 0.793. The number of nitrogens with two attached hydrogens (primary N) is 2. The Bertz CT molecular complexity index is 1510. The summed E-state index contributed by atoms with van der Waals surface area (Å²) < 4.78 is 34.8. The second kappa shape index (κ2) is 8.36. The maximum absolute atomic E-state index is 12.1. The van der Waals surface area contributed by atoms with E-state index in [-0.39, 0.29) is 23.1 Å². The zero-order chi connectivity index (χ0) is 23.9. The Labute approximate surface area is 194 Å². The highest BCUT2D eigenvalue weighted by molar-refractivity contribution is 7.91. The van der Waals surface area contributed by atoms with Crippen molar-refractivity contribution in [1.29, 1.82) is 0 Å². The topological polar surface area (TPSA) is 164 Å². The fourth-order valence-electron chi connectivity index (χ4n) is 3.77. The molecule has 34 heavy (non-hydrogen) atoms. The van der Waals surface area contributed by atoms with E-state index in [1.54, 1.807) is 24.3 Å². The van der Waals surface area contributed by atoms with Gasteiger partial charge in [-0.2, -0.15) is 0 Å². The van der Waals surface area contributed by atoms with E-state index in [0.29, 0.717) is 34.8 Å². The third kappa shape index (κ3) is 4.02. The lowest BCUT2D eigenvalue weighted by Gasteiger charge is -2.08. The zero-order valence-corrected chi connectivity index (χ0v) is 18.6. The number of sulfone groups is 1. The number of nitrogens with zero attached hydrogens (tertiary/aromatic N) is 3. The monoisotopic (exact) mass is 477 g/mol. The molecule has 172 valence electrons. The van der Waals surface area contributed by atoms with Crippen molar-refractivity contribution < 1.29 is 22.5 Å². The smallest absolute Gasteiger partial charge is 0.389 e. The highest BCUT2D eigenvalue weighted by Crippen LogP contribution is 2.34. The first kappa shape index (κ1) is 21.7. The zero-order valence-electron chi connectivity index (χ0n) is 17.8. The Hall–Kier alpha value is -4.09. The number of fused-ring (bicyclic) bond motifs is 1. The van der Waals surface area contributed by atoms with Crippen LogP contribution in [0.15, 0.2) is 64.1 Å². The Morgan fingerprint density at radius 1 is 1.06 bits per heavy atom. The molecule has 0 saturated carbocycles. The first-order chi connectivity index (χ1) is 16.3. The average Bonchev–Trinajstić information content (AvgIpc) is 3.44. The number of aromatic nitrogens is 3. The van der Waals surface area contributed by atoms with Crippen LogP contribution in [0.5, 0.6) is 5.88 Å². The molecule has 0 bridgehead atoms. The maximum Gasteiger partial charge on any atom is 0.411 e. The van der Waals surface area contributed by atoms with E-state index in [2.05, 4.69) is 15.1 Å². The van der Waals surface area contributed by atoms with Gasteiger partial charge < -0.3 is 20.7 Å². The Kier molecular flexibility index (Phi) is 5.34. The summed E-state index contributed by atoms with van der Waals surface area (Å²) in [5.74, 6) is 0.162. The van der Waals surface area contributed by atoms with Crippen LogP contribution in [0.3, 0.4) is 0 Å². The summed E-state index contributed by atoms with van der Waals surface area (Å²) in [6.45, 7) is 0.426. The number of benzene rings is 2. The predicted molar refractivity (Wildman–Crippen MR) is 122 cm³/mol. The lowest BCUT2D eigenvalue weighted by Crippen LogP contribution is -2.17. The van der Waals surface area contributed by atoms with Crippen molar-refractivity contribution >= 4 is 15.9 Å². The number of primary amides is 1. The van der Waals surface area contributed by atoms with E-state index in [0.717, 1.165) is 16.7 Å².